The zero-order valence-corrected chi connectivity index (χ0v) is 13.7. The fraction of sp³-hybridized carbons (Fsp3) is 0.812. The maximum Gasteiger partial charge on any atom is 0.410 e. The van der Waals surface area contributed by atoms with Crippen molar-refractivity contribution < 1.29 is 14.6 Å². The number of allylic oxidation sites excluding steroid dienone is 1. The summed E-state index contributed by atoms with van der Waals surface area (Å²) >= 11 is 0. The number of hydrogen-bond donors (Lipinski definition) is 1. The minimum absolute atomic E-state index is 0.239. The average Bonchev–Trinajstić information content (AvgIpc) is 2.60. The topological polar surface area (TPSA) is 53.0 Å². The third-order valence-corrected chi connectivity index (χ3v) is 3.41. The molecule has 0 bridgehead atoms. The van der Waals surface area contributed by atoms with Crippen LogP contribution in [-0.2, 0) is 4.74 Å². The van der Waals surface area contributed by atoms with E-state index >= 15 is 0 Å². The van der Waals surface area contributed by atoms with Gasteiger partial charge >= 0.3 is 6.09 Å². The summed E-state index contributed by atoms with van der Waals surface area (Å²) in [7, 11) is 0. The van der Waals surface area contributed by atoms with Crippen molar-refractivity contribution in [2.24, 2.45) is 0 Å². The van der Waals surface area contributed by atoms with Crippen molar-refractivity contribution in [3.05, 3.63) is 12.7 Å². The molecule has 0 radical (unpaired) electrons. The van der Waals surface area contributed by atoms with Gasteiger partial charge in [0.15, 0.2) is 0 Å². The lowest BCUT2D eigenvalue weighted by molar-refractivity contribution is 0.0255. The molecule has 1 aliphatic heterocycles. The van der Waals surface area contributed by atoms with Crippen molar-refractivity contribution in [2.75, 3.05) is 32.7 Å². The van der Waals surface area contributed by atoms with Crippen LogP contribution in [0.25, 0.3) is 0 Å². The fourth-order valence-corrected chi connectivity index (χ4v) is 2.36. The van der Waals surface area contributed by atoms with Crippen LogP contribution >= 0.6 is 0 Å². The standard InChI is InChI=1S/C16H30N2O3/c1-5-6-8-14(19)13-17-9-7-10-18(12-11-17)15(20)21-16(2,3)4/h5,14,19H,1,6-13H2,2-4H3. The SMILES string of the molecule is C=CCCC(O)CN1CCCN(C(=O)OC(C)(C)C)CC1. The van der Waals surface area contributed by atoms with E-state index in [9.17, 15) is 9.90 Å². The molecule has 1 N–H and O–H groups in total. The van der Waals surface area contributed by atoms with E-state index in [4.69, 9.17) is 4.74 Å². The first-order valence-corrected chi connectivity index (χ1v) is 7.81. The van der Waals surface area contributed by atoms with E-state index in [1.165, 1.54) is 0 Å². The van der Waals surface area contributed by atoms with Gasteiger partial charge in [-0.25, -0.2) is 4.79 Å². The van der Waals surface area contributed by atoms with Gasteiger partial charge in [-0.3, -0.25) is 4.90 Å². The molecule has 5 heteroatoms. The van der Waals surface area contributed by atoms with Crippen LogP contribution in [0.1, 0.15) is 40.0 Å². The van der Waals surface area contributed by atoms with Crippen molar-refractivity contribution in [3.8, 4) is 0 Å². The molecule has 5 nitrogen and oxygen atoms in total. The summed E-state index contributed by atoms with van der Waals surface area (Å²) in [5.74, 6) is 0. The molecule has 0 aromatic rings. The quantitative estimate of drug-likeness (QED) is 0.791. The molecule has 1 fully saturated rings. The highest BCUT2D eigenvalue weighted by atomic mass is 16.6. The minimum Gasteiger partial charge on any atom is -0.444 e. The molecule has 21 heavy (non-hydrogen) atoms. The van der Waals surface area contributed by atoms with Crippen LogP contribution in [0.15, 0.2) is 12.7 Å². The monoisotopic (exact) mass is 298 g/mol. The first-order chi connectivity index (χ1) is 9.81. The molecule has 0 aliphatic carbocycles. The highest BCUT2D eigenvalue weighted by Crippen LogP contribution is 2.12. The van der Waals surface area contributed by atoms with Crippen LogP contribution in [0, 0.1) is 0 Å². The molecule has 1 aliphatic rings. The number of hydrogen-bond acceptors (Lipinski definition) is 4. The maximum atomic E-state index is 12.1. The fourth-order valence-electron chi connectivity index (χ4n) is 2.36. The van der Waals surface area contributed by atoms with E-state index in [-0.39, 0.29) is 12.2 Å². The molecular formula is C16H30N2O3. The lowest BCUT2D eigenvalue weighted by Crippen LogP contribution is -2.40. The van der Waals surface area contributed by atoms with Gasteiger partial charge in [0.25, 0.3) is 0 Å². The maximum absolute atomic E-state index is 12.1. The van der Waals surface area contributed by atoms with Crippen LogP contribution in [-0.4, -0.2) is 65.4 Å². The van der Waals surface area contributed by atoms with Crippen molar-refractivity contribution in [2.45, 2.75) is 51.7 Å². The van der Waals surface area contributed by atoms with Crippen molar-refractivity contribution >= 4 is 6.09 Å². The van der Waals surface area contributed by atoms with Gasteiger partial charge in [0, 0.05) is 26.2 Å². The molecule has 1 heterocycles. The van der Waals surface area contributed by atoms with E-state index in [1.807, 2.05) is 26.8 Å². The number of carbonyl (C=O) groups excluding carboxylic acids is 1. The van der Waals surface area contributed by atoms with Crippen LogP contribution < -0.4 is 0 Å². The molecule has 1 unspecified atom stereocenters. The van der Waals surface area contributed by atoms with E-state index in [0.29, 0.717) is 19.6 Å². The summed E-state index contributed by atoms with van der Waals surface area (Å²) in [6.07, 6.45) is 3.76. The molecule has 1 saturated heterocycles. The van der Waals surface area contributed by atoms with Gasteiger partial charge in [0.1, 0.15) is 5.60 Å². The van der Waals surface area contributed by atoms with Gasteiger partial charge in [-0.05, 0) is 46.6 Å². The minimum atomic E-state index is -0.454. The van der Waals surface area contributed by atoms with Crippen molar-refractivity contribution in [3.63, 3.8) is 0 Å². The lowest BCUT2D eigenvalue weighted by atomic mass is 10.2. The van der Waals surface area contributed by atoms with E-state index in [0.717, 1.165) is 32.4 Å². The van der Waals surface area contributed by atoms with Gasteiger partial charge in [-0.15, -0.1) is 6.58 Å². The largest absolute Gasteiger partial charge is 0.444 e. The first-order valence-electron chi connectivity index (χ1n) is 7.81. The number of aliphatic hydroxyl groups is 1. The van der Waals surface area contributed by atoms with Crippen LogP contribution in [0.3, 0.4) is 0 Å². The smallest absolute Gasteiger partial charge is 0.410 e. The summed E-state index contributed by atoms with van der Waals surface area (Å²) in [6, 6.07) is 0. The van der Waals surface area contributed by atoms with Gasteiger partial charge < -0.3 is 14.7 Å². The summed E-state index contributed by atoms with van der Waals surface area (Å²) in [4.78, 5) is 16.0. The van der Waals surface area contributed by atoms with Crippen LogP contribution in [0.4, 0.5) is 4.79 Å². The molecule has 0 spiro atoms. The average molecular weight is 298 g/mol. The van der Waals surface area contributed by atoms with Crippen LogP contribution in [0.2, 0.25) is 0 Å². The number of ether oxygens (including phenoxy) is 1. The molecule has 1 atom stereocenters. The number of aliphatic hydroxyl groups excluding tert-OH is 1. The number of nitrogens with zero attached hydrogens (tertiary/aromatic N) is 2. The Kier molecular flexibility index (Phi) is 7.18. The van der Waals surface area contributed by atoms with Gasteiger partial charge in [0.05, 0.1) is 6.10 Å². The lowest BCUT2D eigenvalue weighted by Gasteiger charge is -2.27. The predicted molar refractivity (Wildman–Crippen MR) is 84.3 cm³/mol. The Morgan fingerprint density at radius 1 is 1.33 bits per heavy atom. The normalized spacial score (nSPS) is 19.0. The molecule has 1 amide bonds. The summed E-state index contributed by atoms with van der Waals surface area (Å²) < 4.78 is 5.41. The predicted octanol–water partition coefficient (Wildman–Crippen LogP) is 2.26. The Labute approximate surface area is 128 Å². The second-order valence-electron chi connectivity index (χ2n) is 6.64. The Morgan fingerprint density at radius 3 is 2.67 bits per heavy atom. The third-order valence-electron chi connectivity index (χ3n) is 3.41. The summed E-state index contributed by atoms with van der Waals surface area (Å²) in [5, 5.41) is 9.96. The highest BCUT2D eigenvalue weighted by Gasteiger charge is 2.24. The van der Waals surface area contributed by atoms with E-state index in [1.54, 1.807) is 4.90 Å². The molecular weight excluding hydrogens is 268 g/mol. The molecule has 1 rings (SSSR count). The molecule has 0 aromatic carbocycles. The zero-order chi connectivity index (χ0) is 15.9. The zero-order valence-electron chi connectivity index (χ0n) is 13.7. The van der Waals surface area contributed by atoms with Gasteiger partial charge in [0.2, 0.25) is 0 Å². The second kappa shape index (κ2) is 8.39. The van der Waals surface area contributed by atoms with Crippen LogP contribution in [0.5, 0.6) is 0 Å². The van der Waals surface area contributed by atoms with Crippen molar-refractivity contribution in [1.82, 2.24) is 9.80 Å². The molecule has 0 aromatic heterocycles. The van der Waals surface area contributed by atoms with Crippen molar-refractivity contribution in [1.29, 1.82) is 0 Å². The third kappa shape index (κ3) is 7.48. The Bertz CT molecular complexity index is 339. The second-order valence-corrected chi connectivity index (χ2v) is 6.64. The first kappa shape index (κ1) is 18.0. The number of rotatable bonds is 5. The van der Waals surface area contributed by atoms with Gasteiger partial charge in [-0.2, -0.15) is 0 Å². The number of β-amino-alcohol motifs (C(OH)–C–C–N with tert-alkyl or cyclic N) is 1. The van der Waals surface area contributed by atoms with E-state index in [2.05, 4.69) is 11.5 Å². The van der Waals surface area contributed by atoms with E-state index < -0.39 is 5.60 Å². The summed E-state index contributed by atoms with van der Waals surface area (Å²) in [6.45, 7) is 13.0. The Hall–Kier alpha value is -1.07. The van der Waals surface area contributed by atoms with Gasteiger partial charge in [-0.1, -0.05) is 6.08 Å². The Morgan fingerprint density at radius 2 is 2.05 bits per heavy atom. The summed E-state index contributed by atoms with van der Waals surface area (Å²) in [5.41, 5.74) is -0.454. The number of amides is 1. The highest BCUT2D eigenvalue weighted by molar-refractivity contribution is 5.68. The molecule has 0 saturated carbocycles. The molecule has 122 valence electrons. The Balaban J connectivity index is 2.39. The number of carbonyl (C=O) groups is 1.